The quantitative estimate of drug-likeness (QED) is 0.595. The molecule has 0 heterocycles. The maximum absolute atomic E-state index is 12.0. The van der Waals surface area contributed by atoms with E-state index in [2.05, 4.69) is 4.72 Å². The lowest BCUT2D eigenvalue weighted by molar-refractivity contribution is -0.386. The number of benzene rings is 1. The smallest absolute Gasteiger partial charge is 0.312 e. The molecule has 0 saturated heterocycles. The first-order valence-electron chi connectivity index (χ1n) is 6.04. The number of sulfonamides is 1. The Morgan fingerprint density at radius 2 is 2.05 bits per heavy atom. The monoisotopic (exact) mass is 316 g/mol. The van der Waals surface area contributed by atoms with E-state index in [0.717, 1.165) is 6.07 Å². The van der Waals surface area contributed by atoms with E-state index in [1.165, 1.54) is 19.2 Å². The number of Topliss-reactive ketones (excluding diaryl/α,β-unsaturated/α-hetero) is 1. The molecule has 0 aliphatic heterocycles. The van der Waals surface area contributed by atoms with Gasteiger partial charge in [0.05, 0.1) is 23.5 Å². The lowest BCUT2D eigenvalue weighted by Crippen LogP contribution is -2.31. The second-order valence-electron chi connectivity index (χ2n) is 4.54. The van der Waals surface area contributed by atoms with Crippen molar-refractivity contribution in [2.45, 2.75) is 18.7 Å². The van der Waals surface area contributed by atoms with Gasteiger partial charge in [-0.15, -0.1) is 0 Å². The van der Waals surface area contributed by atoms with Gasteiger partial charge in [0, 0.05) is 12.0 Å². The summed E-state index contributed by atoms with van der Waals surface area (Å²) in [6.07, 6.45) is 0. The van der Waals surface area contributed by atoms with Crippen LogP contribution in [0, 0.1) is 16.0 Å². The summed E-state index contributed by atoms with van der Waals surface area (Å²) >= 11 is 0. The molecule has 0 fully saturated rings. The van der Waals surface area contributed by atoms with Gasteiger partial charge in [-0.25, -0.2) is 13.1 Å². The molecule has 8 nitrogen and oxygen atoms in total. The molecule has 1 aromatic rings. The van der Waals surface area contributed by atoms with E-state index in [4.69, 9.17) is 4.74 Å². The number of methoxy groups -OCH3 is 1. The molecule has 0 aliphatic carbocycles. The van der Waals surface area contributed by atoms with Crippen LogP contribution in [0.2, 0.25) is 0 Å². The highest BCUT2D eigenvalue weighted by molar-refractivity contribution is 7.89. The van der Waals surface area contributed by atoms with Crippen LogP contribution >= 0.6 is 0 Å². The number of nitrogens with zero attached hydrogens (tertiary/aromatic N) is 1. The summed E-state index contributed by atoms with van der Waals surface area (Å²) in [6.45, 7) is 2.93. The predicted octanol–water partition coefficient (Wildman–Crippen LogP) is 1.11. The van der Waals surface area contributed by atoms with E-state index >= 15 is 0 Å². The molecule has 116 valence electrons. The number of nitro benzene ring substituents is 1. The Labute approximate surface area is 122 Å². The minimum atomic E-state index is -4.00. The van der Waals surface area contributed by atoms with Crippen molar-refractivity contribution in [2.24, 2.45) is 5.92 Å². The summed E-state index contributed by atoms with van der Waals surface area (Å²) < 4.78 is 30.9. The van der Waals surface area contributed by atoms with E-state index in [0.29, 0.717) is 0 Å². The molecule has 1 rings (SSSR count). The first-order chi connectivity index (χ1) is 9.69. The number of carbonyl (C=O) groups is 1. The molecule has 0 unspecified atom stereocenters. The van der Waals surface area contributed by atoms with Crippen LogP contribution in [0.25, 0.3) is 0 Å². The third-order valence-electron chi connectivity index (χ3n) is 2.74. The normalized spacial score (nSPS) is 11.4. The van der Waals surface area contributed by atoms with Crippen LogP contribution in [0.15, 0.2) is 23.1 Å². The van der Waals surface area contributed by atoms with Gasteiger partial charge in [0.15, 0.2) is 5.75 Å². The van der Waals surface area contributed by atoms with Crippen LogP contribution in [0.5, 0.6) is 5.75 Å². The molecule has 0 aliphatic rings. The predicted molar refractivity (Wildman–Crippen MR) is 74.7 cm³/mol. The zero-order chi connectivity index (χ0) is 16.2. The van der Waals surface area contributed by atoms with Gasteiger partial charge in [0.1, 0.15) is 5.78 Å². The summed E-state index contributed by atoms with van der Waals surface area (Å²) in [7, 11) is -2.75. The molecule has 1 aromatic carbocycles. The number of nitrogens with one attached hydrogen (secondary N) is 1. The number of hydrogen-bond donors (Lipinski definition) is 1. The lowest BCUT2D eigenvalue weighted by Gasteiger charge is -2.09. The molecule has 9 heteroatoms. The molecule has 1 N–H and O–H groups in total. The van der Waals surface area contributed by atoms with Gasteiger partial charge in [-0.2, -0.15) is 0 Å². The number of carbonyl (C=O) groups excluding carboxylic acids is 1. The molecular formula is C12H16N2O6S. The Balaban J connectivity index is 3.06. The van der Waals surface area contributed by atoms with Gasteiger partial charge >= 0.3 is 5.69 Å². The van der Waals surface area contributed by atoms with E-state index < -0.39 is 20.6 Å². The van der Waals surface area contributed by atoms with Gasteiger partial charge in [-0.1, -0.05) is 13.8 Å². The van der Waals surface area contributed by atoms with Gasteiger partial charge in [-0.05, 0) is 12.1 Å². The minimum absolute atomic E-state index is 0.0443. The Bertz CT molecular complexity index is 654. The molecule has 0 amide bonds. The maximum atomic E-state index is 12.0. The number of rotatable bonds is 7. The van der Waals surface area contributed by atoms with Crippen molar-refractivity contribution in [2.75, 3.05) is 13.7 Å². The van der Waals surface area contributed by atoms with Gasteiger partial charge in [-0.3, -0.25) is 14.9 Å². The van der Waals surface area contributed by atoms with Crippen molar-refractivity contribution >= 4 is 21.5 Å². The largest absolute Gasteiger partial charge is 0.490 e. The van der Waals surface area contributed by atoms with Crippen molar-refractivity contribution in [3.05, 3.63) is 28.3 Å². The van der Waals surface area contributed by atoms with Gasteiger partial charge < -0.3 is 4.74 Å². The van der Waals surface area contributed by atoms with E-state index in [-0.39, 0.29) is 28.9 Å². The Morgan fingerprint density at radius 1 is 1.43 bits per heavy atom. The van der Waals surface area contributed by atoms with E-state index in [9.17, 15) is 23.3 Å². The topological polar surface area (TPSA) is 116 Å². The molecule has 0 aromatic heterocycles. The summed E-state index contributed by atoms with van der Waals surface area (Å²) in [5, 5.41) is 10.9. The van der Waals surface area contributed by atoms with Gasteiger partial charge in [0.25, 0.3) is 0 Å². The molecule has 0 radical (unpaired) electrons. The summed E-state index contributed by atoms with van der Waals surface area (Å²) in [4.78, 5) is 21.3. The molecule has 0 bridgehead atoms. The molecule has 0 saturated carbocycles. The second-order valence-corrected chi connectivity index (χ2v) is 6.30. The second kappa shape index (κ2) is 6.64. The average Bonchev–Trinajstić information content (AvgIpc) is 2.43. The van der Waals surface area contributed by atoms with Crippen LogP contribution < -0.4 is 9.46 Å². The van der Waals surface area contributed by atoms with Crippen molar-refractivity contribution in [3.63, 3.8) is 0 Å². The summed E-state index contributed by atoms with van der Waals surface area (Å²) in [5.74, 6) is -0.628. The highest BCUT2D eigenvalue weighted by Crippen LogP contribution is 2.29. The fraction of sp³-hybridized carbons (Fsp3) is 0.417. The van der Waals surface area contributed by atoms with Crippen LogP contribution in [-0.2, 0) is 14.8 Å². The summed E-state index contributed by atoms with van der Waals surface area (Å²) in [5.41, 5.74) is -0.462. The molecule has 0 spiro atoms. The molecule has 0 atom stereocenters. The summed E-state index contributed by atoms with van der Waals surface area (Å²) in [6, 6.07) is 3.26. The molecule has 21 heavy (non-hydrogen) atoms. The third-order valence-corrected chi connectivity index (χ3v) is 4.14. The minimum Gasteiger partial charge on any atom is -0.490 e. The lowest BCUT2D eigenvalue weighted by atomic mass is 10.1. The van der Waals surface area contributed by atoms with E-state index in [1.54, 1.807) is 13.8 Å². The van der Waals surface area contributed by atoms with Crippen molar-refractivity contribution < 1.29 is 22.9 Å². The average molecular weight is 316 g/mol. The number of nitro groups is 1. The Hall–Kier alpha value is -2.00. The fourth-order valence-corrected chi connectivity index (χ4v) is 2.45. The van der Waals surface area contributed by atoms with Crippen molar-refractivity contribution in [3.8, 4) is 5.75 Å². The maximum Gasteiger partial charge on any atom is 0.312 e. The first kappa shape index (κ1) is 17.1. The molecular weight excluding hydrogens is 300 g/mol. The zero-order valence-corrected chi connectivity index (χ0v) is 12.6. The Morgan fingerprint density at radius 3 is 2.52 bits per heavy atom. The number of ketones is 1. The fourth-order valence-electron chi connectivity index (χ4n) is 1.43. The standard InChI is InChI=1S/C12H16N2O6S/c1-8(2)11(15)7-13-21(18,19)9-4-5-12(20-3)10(6-9)14(16)17/h4-6,8,13H,7H2,1-3H3. The SMILES string of the molecule is COc1ccc(S(=O)(=O)NCC(=O)C(C)C)cc1[N+](=O)[O-]. The van der Waals surface area contributed by atoms with Crippen molar-refractivity contribution in [1.29, 1.82) is 0 Å². The zero-order valence-electron chi connectivity index (χ0n) is 11.8. The first-order valence-corrected chi connectivity index (χ1v) is 7.52. The highest BCUT2D eigenvalue weighted by atomic mass is 32.2. The Kier molecular flexibility index (Phi) is 5.39. The van der Waals surface area contributed by atoms with Crippen LogP contribution in [0.1, 0.15) is 13.8 Å². The van der Waals surface area contributed by atoms with Gasteiger partial charge in [0.2, 0.25) is 10.0 Å². The number of hydrogen-bond acceptors (Lipinski definition) is 6. The van der Waals surface area contributed by atoms with Crippen LogP contribution in [0.3, 0.4) is 0 Å². The number of ether oxygens (including phenoxy) is 1. The van der Waals surface area contributed by atoms with Crippen LogP contribution in [0.4, 0.5) is 5.69 Å². The van der Waals surface area contributed by atoms with E-state index in [1.807, 2.05) is 0 Å². The van der Waals surface area contributed by atoms with Crippen molar-refractivity contribution in [1.82, 2.24) is 4.72 Å². The highest BCUT2D eigenvalue weighted by Gasteiger charge is 2.22. The third kappa shape index (κ3) is 4.23. The van der Waals surface area contributed by atoms with Crippen LogP contribution in [-0.4, -0.2) is 32.8 Å².